The second-order valence-electron chi connectivity index (χ2n) is 5.19. The standard InChI is InChI=1S/C14H22N4O/c1-3-7-15-13(19)12-6-8-16-14(17-12)18-9-4-5-11(2)10-18/h6,8,11H,3-5,7,9-10H2,1-2H3,(H,15,19). The van der Waals surface area contributed by atoms with Crippen molar-refractivity contribution in [2.45, 2.75) is 33.1 Å². The molecule has 0 aromatic carbocycles. The zero-order valence-electron chi connectivity index (χ0n) is 11.7. The fourth-order valence-corrected chi connectivity index (χ4v) is 2.33. The third kappa shape index (κ3) is 3.66. The van der Waals surface area contributed by atoms with Crippen molar-refractivity contribution in [1.29, 1.82) is 0 Å². The number of rotatable bonds is 4. The van der Waals surface area contributed by atoms with Crippen LogP contribution in [0, 0.1) is 5.92 Å². The van der Waals surface area contributed by atoms with Gasteiger partial charge in [-0.25, -0.2) is 9.97 Å². The molecular formula is C14H22N4O. The molecule has 1 aliphatic rings. The highest BCUT2D eigenvalue weighted by Gasteiger charge is 2.19. The molecular weight excluding hydrogens is 240 g/mol. The molecule has 1 unspecified atom stereocenters. The van der Waals surface area contributed by atoms with Gasteiger partial charge in [0, 0.05) is 25.8 Å². The maximum Gasteiger partial charge on any atom is 0.270 e. The van der Waals surface area contributed by atoms with Gasteiger partial charge in [0.05, 0.1) is 0 Å². The van der Waals surface area contributed by atoms with E-state index in [1.54, 1.807) is 12.3 Å². The van der Waals surface area contributed by atoms with Crippen LogP contribution in [-0.2, 0) is 0 Å². The molecule has 1 fully saturated rings. The van der Waals surface area contributed by atoms with Crippen molar-refractivity contribution in [2.75, 3.05) is 24.5 Å². The molecule has 2 heterocycles. The summed E-state index contributed by atoms with van der Waals surface area (Å²) < 4.78 is 0. The van der Waals surface area contributed by atoms with Crippen LogP contribution in [0.5, 0.6) is 0 Å². The van der Waals surface area contributed by atoms with Crippen molar-refractivity contribution in [3.63, 3.8) is 0 Å². The van der Waals surface area contributed by atoms with Crippen LogP contribution in [0.2, 0.25) is 0 Å². The minimum Gasteiger partial charge on any atom is -0.351 e. The number of hydrogen-bond donors (Lipinski definition) is 1. The zero-order chi connectivity index (χ0) is 13.7. The Morgan fingerprint density at radius 1 is 1.58 bits per heavy atom. The fourth-order valence-electron chi connectivity index (χ4n) is 2.33. The van der Waals surface area contributed by atoms with Gasteiger partial charge in [-0.2, -0.15) is 0 Å². The maximum atomic E-state index is 11.9. The Labute approximate surface area is 114 Å². The molecule has 0 radical (unpaired) electrons. The predicted octanol–water partition coefficient (Wildman–Crippen LogP) is 1.85. The summed E-state index contributed by atoms with van der Waals surface area (Å²) in [6.45, 7) is 6.90. The van der Waals surface area contributed by atoms with Crippen LogP contribution in [0.1, 0.15) is 43.6 Å². The van der Waals surface area contributed by atoms with Crippen LogP contribution < -0.4 is 10.2 Å². The van der Waals surface area contributed by atoms with Gasteiger partial charge in [0.25, 0.3) is 5.91 Å². The molecule has 0 bridgehead atoms. The number of aromatic nitrogens is 2. The first-order valence-electron chi connectivity index (χ1n) is 7.07. The van der Waals surface area contributed by atoms with Crippen LogP contribution in [0.3, 0.4) is 0 Å². The molecule has 1 atom stereocenters. The number of hydrogen-bond acceptors (Lipinski definition) is 4. The Kier molecular flexibility index (Phi) is 4.71. The van der Waals surface area contributed by atoms with E-state index < -0.39 is 0 Å². The van der Waals surface area contributed by atoms with Crippen LogP contribution in [0.15, 0.2) is 12.3 Å². The molecule has 1 aromatic heterocycles. The lowest BCUT2D eigenvalue weighted by molar-refractivity contribution is 0.0948. The molecule has 1 aliphatic heterocycles. The second-order valence-corrected chi connectivity index (χ2v) is 5.19. The molecule has 0 aliphatic carbocycles. The Morgan fingerprint density at radius 3 is 3.16 bits per heavy atom. The van der Waals surface area contributed by atoms with E-state index in [4.69, 9.17) is 0 Å². The molecule has 1 N–H and O–H groups in total. The van der Waals surface area contributed by atoms with Gasteiger partial charge in [-0.15, -0.1) is 0 Å². The Bertz CT molecular complexity index is 435. The van der Waals surface area contributed by atoms with E-state index in [-0.39, 0.29) is 5.91 Å². The quantitative estimate of drug-likeness (QED) is 0.899. The Balaban J connectivity index is 2.08. The summed E-state index contributed by atoms with van der Waals surface area (Å²) in [6, 6.07) is 1.67. The van der Waals surface area contributed by atoms with Crippen LogP contribution >= 0.6 is 0 Å². The highest BCUT2D eigenvalue weighted by atomic mass is 16.1. The van der Waals surface area contributed by atoms with Crippen molar-refractivity contribution in [1.82, 2.24) is 15.3 Å². The first-order valence-corrected chi connectivity index (χ1v) is 7.07. The van der Waals surface area contributed by atoms with Gasteiger partial charge >= 0.3 is 0 Å². The van der Waals surface area contributed by atoms with E-state index in [1.165, 1.54) is 6.42 Å². The zero-order valence-corrected chi connectivity index (χ0v) is 11.7. The SMILES string of the molecule is CCCNC(=O)c1ccnc(N2CCCC(C)C2)n1. The van der Waals surface area contributed by atoms with E-state index >= 15 is 0 Å². The highest BCUT2D eigenvalue weighted by molar-refractivity contribution is 5.92. The van der Waals surface area contributed by atoms with Crippen molar-refractivity contribution >= 4 is 11.9 Å². The summed E-state index contributed by atoms with van der Waals surface area (Å²) in [4.78, 5) is 22.7. The first kappa shape index (κ1) is 13.8. The molecule has 1 aromatic rings. The van der Waals surface area contributed by atoms with Crippen LogP contribution in [0.4, 0.5) is 5.95 Å². The third-order valence-corrected chi connectivity index (χ3v) is 3.35. The van der Waals surface area contributed by atoms with Gasteiger partial charge in [0.15, 0.2) is 0 Å². The van der Waals surface area contributed by atoms with Gasteiger partial charge in [-0.05, 0) is 31.2 Å². The minimum atomic E-state index is -0.115. The summed E-state index contributed by atoms with van der Waals surface area (Å²) in [5.74, 6) is 1.22. The van der Waals surface area contributed by atoms with Gasteiger partial charge < -0.3 is 10.2 Å². The number of nitrogens with one attached hydrogen (secondary N) is 1. The molecule has 2 rings (SSSR count). The molecule has 0 saturated carbocycles. The summed E-state index contributed by atoms with van der Waals surface area (Å²) in [6.07, 6.45) is 5.01. The summed E-state index contributed by atoms with van der Waals surface area (Å²) in [5, 5.41) is 2.84. The first-order chi connectivity index (χ1) is 9.20. The van der Waals surface area contributed by atoms with Crippen molar-refractivity contribution in [3.05, 3.63) is 18.0 Å². The van der Waals surface area contributed by atoms with E-state index in [0.29, 0.717) is 24.1 Å². The Morgan fingerprint density at radius 2 is 2.42 bits per heavy atom. The number of piperidine rings is 1. The van der Waals surface area contributed by atoms with Gasteiger partial charge in [-0.3, -0.25) is 4.79 Å². The molecule has 5 heteroatoms. The van der Waals surface area contributed by atoms with E-state index in [2.05, 4.69) is 27.1 Å². The number of nitrogens with zero attached hydrogens (tertiary/aromatic N) is 3. The summed E-state index contributed by atoms with van der Waals surface area (Å²) in [5.41, 5.74) is 0.455. The third-order valence-electron chi connectivity index (χ3n) is 3.35. The molecule has 1 amide bonds. The Hall–Kier alpha value is -1.65. The highest BCUT2D eigenvalue weighted by Crippen LogP contribution is 2.19. The van der Waals surface area contributed by atoms with Crippen molar-refractivity contribution < 1.29 is 4.79 Å². The van der Waals surface area contributed by atoms with E-state index in [1.807, 2.05) is 6.92 Å². The van der Waals surface area contributed by atoms with Crippen molar-refractivity contribution in [3.8, 4) is 0 Å². The monoisotopic (exact) mass is 262 g/mol. The average Bonchev–Trinajstić information content (AvgIpc) is 2.45. The maximum absolute atomic E-state index is 11.9. The lowest BCUT2D eigenvalue weighted by Crippen LogP contribution is -2.36. The predicted molar refractivity (Wildman–Crippen MR) is 75.3 cm³/mol. The molecule has 0 spiro atoms. The number of carbonyl (C=O) groups excluding carboxylic acids is 1. The molecule has 5 nitrogen and oxygen atoms in total. The van der Waals surface area contributed by atoms with Gasteiger partial charge in [0.1, 0.15) is 5.69 Å². The van der Waals surface area contributed by atoms with E-state index in [9.17, 15) is 4.79 Å². The molecule has 1 saturated heterocycles. The van der Waals surface area contributed by atoms with Crippen LogP contribution in [-0.4, -0.2) is 35.5 Å². The lowest BCUT2D eigenvalue weighted by Gasteiger charge is -2.30. The summed E-state index contributed by atoms with van der Waals surface area (Å²) >= 11 is 0. The largest absolute Gasteiger partial charge is 0.351 e. The van der Waals surface area contributed by atoms with Gasteiger partial charge in [-0.1, -0.05) is 13.8 Å². The summed E-state index contributed by atoms with van der Waals surface area (Å²) in [7, 11) is 0. The number of amides is 1. The smallest absolute Gasteiger partial charge is 0.270 e. The lowest BCUT2D eigenvalue weighted by atomic mass is 10.0. The average molecular weight is 262 g/mol. The second kappa shape index (κ2) is 6.50. The molecule has 104 valence electrons. The van der Waals surface area contributed by atoms with Crippen molar-refractivity contribution in [2.24, 2.45) is 5.92 Å². The fraction of sp³-hybridized carbons (Fsp3) is 0.643. The minimum absolute atomic E-state index is 0.115. The van der Waals surface area contributed by atoms with E-state index in [0.717, 1.165) is 25.9 Å². The normalized spacial score (nSPS) is 19.3. The van der Waals surface area contributed by atoms with Crippen LogP contribution in [0.25, 0.3) is 0 Å². The van der Waals surface area contributed by atoms with Gasteiger partial charge in [0.2, 0.25) is 5.95 Å². The number of carbonyl (C=O) groups is 1. The molecule has 19 heavy (non-hydrogen) atoms. The topological polar surface area (TPSA) is 58.1 Å². The number of anilines is 1.